The van der Waals surface area contributed by atoms with Crippen molar-refractivity contribution in [1.29, 1.82) is 0 Å². The second-order valence-electron chi connectivity index (χ2n) is 13.9. The van der Waals surface area contributed by atoms with E-state index in [1.165, 1.54) is 4.90 Å². The van der Waals surface area contributed by atoms with E-state index in [-0.39, 0.29) is 24.8 Å². The number of alkyl carbamates (subject to hydrolysis) is 1. The smallest absolute Gasteiger partial charge is 0.408 e. The number of hydrogen-bond acceptors (Lipinski definition) is 7. The van der Waals surface area contributed by atoms with Gasteiger partial charge in [-0.05, 0) is 68.9 Å². The molecule has 2 bridgehead atoms. The third-order valence-electron chi connectivity index (χ3n) is 9.78. The standard InChI is InChI=1S/C33H44F2N4O5/c1-6-21-24(19-40)39-18-25(21)43-28-26(36-22-14-7-8-15-23(22)37-28)33(34,35)17-10-9-12-20-13-11-16-32(20,5)44-30(42)38-27(29(39)41)31(2,3)4/h7-8,14-15,19-21,24-25,27H,6,9-13,16-18H2,1-5H3,(H,38,42)/t20-,21+,24-,25+,27-,32-/m1/s1. The summed E-state index contributed by atoms with van der Waals surface area (Å²) in [6.07, 6.45) is 2.93. The Morgan fingerprint density at radius 3 is 2.41 bits per heavy atom. The Morgan fingerprint density at radius 1 is 1.07 bits per heavy atom. The number of hydrogen-bond donors (Lipinski definition) is 1. The molecule has 5 rings (SSSR count). The molecule has 1 N–H and O–H groups in total. The van der Waals surface area contributed by atoms with E-state index in [0.717, 1.165) is 12.8 Å². The number of halogens is 2. The van der Waals surface area contributed by atoms with Crippen molar-refractivity contribution in [3.63, 3.8) is 0 Å². The molecule has 1 aromatic carbocycles. The van der Waals surface area contributed by atoms with Gasteiger partial charge in [-0.2, -0.15) is 8.78 Å². The lowest BCUT2D eigenvalue weighted by molar-refractivity contribution is -0.139. The maximum Gasteiger partial charge on any atom is 0.408 e. The van der Waals surface area contributed by atoms with Gasteiger partial charge in [0.25, 0.3) is 5.92 Å². The molecule has 0 radical (unpaired) electrons. The Kier molecular flexibility index (Phi) is 8.88. The minimum atomic E-state index is -3.33. The van der Waals surface area contributed by atoms with Crippen LogP contribution in [0.3, 0.4) is 0 Å². The summed E-state index contributed by atoms with van der Waals surface area (Å²) in [4.78, 5) is 50.2. The fourth-order valence-corrected chi connectivity index (χ4v) is 7.21. The number of alkyl halides is 2. The molecule has 9 nitrogen and oxygen atoms in total. The van der Waals surface area contributed by atoms with Crippen LogP contribution < -0.4 is 10.1 Å². The minimum absolute atomic E-state index is 0.00740. The van der Waals surface area contributed by atoms with Crippen molar-refractivity contribution in [3.8, 4) is 5.88 Å². The molecule has 2 aromatic rings. The molecule has 1 saturated carbocycles. The van der Waals surface area contributed by atoms with Crippen molar-refractivity contribution in [2.24, 2.45) is 17.3 Å². The average molecular weight is 615 g/mol. The number of para-hydroxylation sites is 2. The maximum atomic E-state index is 16.0. The van der Waals surface area contributed by atoms with Gasteiger partial charge in [0.2, 0.25) is 11.8 Å². The molecular formula is C33H44F2N4O5. The van der Waals surface area contributed by atoms with Crippen molar-refractivity contribution < 1.29 is 32.6 Å². The molecule has 44 heavy (non-hydrogen) atoms. The monoisotopic (exact) mass is 614 g/mol. The van der Waals surface area contributed by atoms with Crippen LogP contribution in [-0.4, -0.2) is 63.5 Å². The van der Waals surface area contributed by atoms with Crippen LogP contribution in [0.2, 0.25) is 0 Å². The lowest BCUT2D eigenvalue weighted by atomic mass is 9.85. The molecule has 1 saturated heterocycles. The topological polar surface area (TPSA) is 111 Å². The van der Waals surface area contributed by atoms with E-state index in [1.54, 1.807) is 24.3 Å². The van der Waals surface area contributed by atoms with E-state index in [4.69, 9.17) is 9.47 Å². The van der Waals surface area contributed by atoms with Gasteiger partial charge < -0.3 is 24.5 Å². The highest BCUT2D eigenvalue weighted by Crippen LogP contribution is 2.44. The highest BCUT2D eigenvalue weighted by atomic mass is 19.3. The highest BCUT2D eigenvalue weighted by molar-refractivity contribution is 5.89. The maximum absolute atomic E-state index is 16.0. The molecule has 0 unspecified atom stereocenters. The van der Waals surface area contributed by atoms with Crippen molar-refractivity contribution in [2.75, 3.05) is 6.54 Å². The highest BCUT2D eigenvalue weighted by Gasteiger charge is 2.50. The summed E-state index contributed by atoms with van der Waals surface area (Å²) in [5.41, 5.74) is -1.29. The number of aldehydes is 1. The molecule has 6 atom stereocenters. The molecule has 3 aliphatic rings. The van der Waals surface area contributed by atoms with Crippen LogP contribution in [0.5, 0.6) is 5.88 Å². The van der Waals surface area contributed by atoms with E-state index >= 15 is 8.78 Å². The summed E-state index contributed by atoms with van der Waals surface area (Å²) in [6.45, 7) is 9.20. The third-order valence-corrected chi connectivity index (χ3v) is 9.78. The molecule has 0 spiro atoms. The van der Waals surface area contributed by atoms with Crippen LogP contribution >= 0.6 is 0 Å². The second kappa shape index (κ2) is 12.2. The predicted octanol–water partition coefficient (Wildman–Crippen LogP) is 6.18. The number of carbonyl (C=O) groups excluding carboxylic acids is 3. The minimum Gasteiger partial charge on any atom is -0.471 e. The summed E-state index contributed by atoms with van der Waals surface area (Å²) >= 11 is 0. The van der Waals surface area contributed by atoms with Gasteiger partial charge in [0, 0.05) is 12.3 Å². The van der Waals surface area contributed by atoms with E-state index in [1.807, 2.05) is 34.6 Å². The Hall–Kier alpha value is -3.37. The van der Waals surface area contributed by atoms with Gasteiger partial charge in [0.05, 0.1) is 23.6 Å². The molecule has 1 aromatic heterocycles. The normalized spacial score (nSPS) is 31.6. The first-order chi connectivity index (χ1) is 20.8. The number of aromatic nitrogens is 2. The quantitative estimate of drug-likeness (QED) is 0.402. The fraction of sp³-hybridized carbons (Fsp3) is 0.667. The van der Waals surface area contributed by atoms with Crippen molar-refractivity contribution >= 4 is 29.3 Å². The van der Waals surface area contributed by atoms with E-state index < -0.39 is 65.2 Å². The molecule has 2 fully saturated rings. The Morgan fingerprint density at radius 2 is 1.75 bits per heavy atom. The van der Waals surface area contributed by atoms with Crippen molar-refractivity contribution in [1.82, 2.24) is 20.2 Å². The first-order valence-corrected chi connectivity index (χ1v) is 15.8. The van der Waals surface area contributed by atoms with Crippen LogP contribution in [-0.2, 0) is 20.2 Å². The molecule has 11 heteroatoms. The van der Waals surface area contributed by atoms with Gasteiger partial charge in [0.1, 0.15) is 24.0 Å². The van der Waals surface area contributed by atoms with Gasteiger partial charge in [-0.1, -0.05) is 46.2 Å². The van der Waals surface area contributed by atoms with E-state index in [2.05, 4.69) is 15.3 Å². The Balaban J connectivity index is 1.58. The lowest BCUT2D eigenvalue weighted by Crippen LogP contribution is -2.57. The van der Waals surface area contributed by atoms with Gasteiger partial charge in [-0.25, -0.2) is 14.8 Å². The summed E-state index contributed by atoms with van der Waals surface area (Å²) in [5.74, 6) is -4.55. The summed E-state index contributed by atoms with van der Waals surface area (Å²) < 4.78 is 44.2. The molecule has 2 amide bonds. The Bertz CT molecular complexity index is 1400. The first-order valence-electron chi connectivity index (χ1n) is 15.8. The number of carbonyl (C=O) groups is 3. The summed E-state index contributed by atoms with van der Waals surface area (Å²) in [5, 5.41) is 2.82. The fourth-order valence-electron chi connectivity index (χ4n) is 7.21. The second-order valence-corrected chi connectivity index (χ2v) is 13.9. The zero-order valence-corrected chi connectivity index (χ0v) is 26.3. The van der Waals surface area contributed by atoms with Gasteiger partial charge >= 0.3 is 6.09 Å². The molecular weight excluding hydrogens is 570 g/mol. The number of nitrogens with one attached hydrogen (secondary N) is 1. The molecule has 1 aliphatic carbocycles. The van der Waals surface area contributed by atoms with Crippen LogP contribution in [0.4, 0.5) is 13.6 Å². The van der Waals surface area contributed by atoms with Crippen molar-refractivity contribution in [2.45, 2.75) is 116 Å². The number of benzene rings is 1. The van der Waals surface area contributed by atoms with Gasteiger partial charge in [0.15, 0.2) is 5.69 Å². The number of fused-ring (bicyclic) bond motifs is 5. The molecule has 3 heterocycles. The predicted molar refractivity (Wildman–Crippen MR) is 160 cm³/mol. The van der Waals surface area contributed by atoms with Gasteiger partial charge in [-0.15, -0.1) is 0 Å². The number of rotatable bonds is 2. The zero-order valence-electron chi connectivity index (χ0n) is 26.3. The zero-order chi connectivity index (χ0) is 31.9. The summed E-state index contributed by atoms with van der Waals surface area (Å²) in [6, 6.07) is 4.91. The molecule has 240 valence electrons. The van der Waals surface area contributed by atoms with Crippen molar-refractivity contribution in [3.05, 3.63) is 30.0 Å². The first kappa shape index (κ1) is 32.0. The van der Waals surface area contributed by atoms with Crippen LogP contribution in [0.1, 0.15) is 91.7 Å². The number of nitrogens with zero attached hydrogens (tertiary/aromatic N) is 3. The van der Waals surface area contributed by atoms with E-state index in [0.29, 0.717) is 43.0 Å². The Labute approximate surface area is 257 Å². The number of amides is 2. The average Bonchev–Trinajstić information content (AvgIpc) is 3.51. The van der Waals surface area contributed by atoms with Crippen LogP contribution in [0, 0.1) is 17.3 Å². The van der Waals surface area contributed by atoms with Gasteiger partial charge in [-0.3, -0.25) is 4.79 Å². The summed E-state index contributed by atoms with van der Waals surface area (Å²) in [7, 11) is 0. The van der Waals surface area contributed by atoms with Crippen LogP contribution in [0.25, 0.3) is 11.0 Å². The largest absolute Gasteiger partial charge is 0.471 e. The third kappa shape index (κ3) is 6.24. The lowest BCUT2D eigenvalue weighted by Gasteiger charge is -2.37. The van der Waals surface area contributed by atoms with Crippen LogP contribution in [0.15, 0.2) is 24.3 Å². The van der Waals surface area contributed by atoms with E-state index in [9.17, 15) is 14.4 Å². The molecule has 2 aliphatic heterocycles. The SMILES string of the molecule is CC[C@@H]1[C@@H]2CN(C(=O)[C@H](C(C)(C)C)NC(=O)O[C@]3(C)CCC[C@H]3CCCCC(F)(F)c3nc4ccccc4nc3O2)[C@@H]1C=O. The number of ether oxygens (including phenoxy) is 2.